The molecule has 0 aliphatic heterocycles. The van der Waals surface area contributed by atoms with Gasteiger partial charge in [-0.3, -0.25) is 4.90 Å². The molecule has 2 N–H and O–H groups in total. The van der Waals surface area contributed by atoms with Gasteiger partial charge in [-0.05, 0) is 75.2 Å². The Morgan fingerprint density at radius 2 is 1.67 bits per heavy atom. The Kier molecular flexibility index (Phi) is 4.92. The molecule has 1 unspecified atom stereocenters. The summed E-state index contributed by atoms with van der Waals surface area (Å²) >= 11 is 0. The molecule has 4 saturated carbocycles. The summed E-state index contributed by atoms with van der Waals surface area (Å²) in [6, 6.07) is 0.368. The van der Waals surface area contributed by atoms with E-state index in [4.69, 9.17) is 10.5 Å². The fourth-order valence-electron chi connectivity index (χ4n) is 5.82. The smallest absolute Gasteiger partial charge is 0.0593 e. The van der Waals surface area contributed by atoms with Gasteiger partial charge in [-0.1, -0.05) is 6.92 Å². The molecule has 4 aliphatic carbocycles. The van der Waals surface area contributed by atoms with Crippen molar-refractivity contribution in [2.24, 2.45) is 28.9 Å². The highest BCUT2D eigenvalue weighted by Crippen LogP contribution is 2.61. The van der Waals surface area contributed by atoms with Crippen molar-refractivity contribution in [3.63, 3.8) is 0 Å². The van der Waals surface area contributed by atoms with Crippen LogP contribution in [0.4, 0.5) is 0 Å². The van der Waals surface area contributed by atoms with Crippen LogP contribution in [-0.2, 0) is 4.74 Å². The van der Waals surface area contributed by atoms with Crippen molar-refractivity contribution >= 4 is 0 Å². The van der Waals surface area contributed by atoms with Gasteiger partial charge < -0.3 is 10.5 Å². The summed E-state index contributed by atoms with van der Waals surface area (Å²) in [5.74, 6) is 3.00. The molecule has 3 heteroatoms. The minimum absolute atomic E-state index is 0.368. The Bertz CT molecular complexity index is 309. The third-order valence-electron chi connectivity index (χ3n) is 6.53. The molecule has 1 atom stereocenters. The molecule has 0 aromatic rings. The van der Waals surface area contributed by atoms with E-state index in [0.717, 1.165) is 50.6 Å². The minimum Gasteiger partial charge on any atom is -0.380 e. The molecule has 122 valence electrons. The largest absolute Gasteiger partial charge is 0.380 e. The lowest BCUT2D eigenvalue weighted by Gasteiger charge is -2.59. The van der Waals surface area contributed by atoms with Gasteiger partial charge in [0.05, 0.1) is 6.61 Å². The molecule has 3 nitrogen and oxygen atoms in total. The molecule has 4 aliphatic rings. The van der Waals surface area contributed by atoms with Crippen molar-refractivity contribution < 1.29 is 4.74 Å². The molecule has 21 heavy (non-hydrogen) atoms. The SMILES string of the molecule is CCOCCN(CC)CC(N)C12CC3CC(CC(C3)C1)C2. The third kappa shape index (κ3) is 3.30. The second-order valence-corrected chi connectivity index (χ2v) is 7.98. The number of ether oxygens (including phenoxy) is 1. The molecular formula is C18H34N2O. The van der Waals surface area contributed by atoms with Gasteiger partial charge in [-0.15, -0.1) is 0 Å². The van der Waals surface area contributed by atoms with Gasteiger partial charge in [0.2, 0.25) is 0 Å². The number of nitrogens with two attached hydrogens (primary N) is 1. The normalized spacial score (nSPS) is 39.1. The second kappa shape index (κ2) is 6.55. The molecule has 4 bridgehead atoms. The molecular weight excluding hydrogens is 260 g/mol. The van der Waals surface area contributed by atoms with Crippen LogP contribution in [-0.4, -0.2) is 43.8 Å². The van der Waals surface area contributed by atoms with E-state index < -0.39 is 0 Å². The van der Waals surface area contributed by atoms with Crippen molar-refractivity contribution in [3.8, 4) is 0 Å². The summed E-state index contributed by atoms with van der Waals surface area (Å²) in [6.45, 7) is 9.17. The summed E-state index contributed by atoms with van der Waals surface area (Å²) in [5.41, 5.74) is 7.25. The van der Waals surface area contributed by atoms with Crippen LogP contribution in [0.25, 0.3) is 0 Å². The lowest BCUT2D eigenvalue weighted by molar-refractivity contribution is -0.0719. The fourth-order valence-corrected chi connectivity index (χ4v) is 5.82. The van der Waals surface area contributed by atoms with Crippen molar-refractivity contribution in [2.75, 3.05) is 32.8 Å². The summed E-state index contributed by atoms with van der Waals surface area (Å²) in [4.78, 5) is 2.50. The molecule has 4 fully saturated rings. The van der Waals surface area contributed by atoms with E-state index in [1.54, 1.807) is 0 Å². The van der Waals surface area contributed by atoms with Gasteiger partial charge >= 0.3 is 0 Å². The summed E-state index contributed by atoms with van der Waals surface area (Å²) in [5, 5.41) is 0. The van der Waals surface area contributed by atoms with Crippen LogP contribution in [0.1, 0.15) is 52.4 Å². The van der Waals surface area contributed by atoms with Gasteiger partial charge in [0.1, 0.15) is 0 Å². The molecule has 0 radical (unpaired) electrons. The van der Waals surface area contributed by atoms with Gasteiger partial charge in [0.25, 0.3) is 0 Å². The van der Waals surface area contributed by atoms with Gasteiger partial charge in [0, 0.05) is 25.7 Å². The van der Waals surface area contributed by atoms with Crippen LogP contribution in [0.3, 0.4) is 0 Å². The van der Waals surface area contributed by atoms with Gasteiger partial charge in [-0.25, -0.2) is 0 Å². The van der Waals surface area contributed by atoms with E-state index >= 15 is 0 Å². The summed E-state index contributed by atoms with van der Waals surface area (Å²) in [6.07, 6.45) is 8.78. The number of hydrogen-bond acceptors (Lipinski definition) is 3. The quantitative estimate of drug-likeness (QED) is 0.700. The molecule has 0 saturated heterocycles. The Balaban J connectivity index is 1.58. The second-order valence-electron chi connectivity index (χ2n) is 7.98. The number of rotatable bonds is 8. The summed E-state index contributed by atoms with van der Waals surface area (Å²) in [7, 11) is 0. The van der Waals surface area contributed by atoms with Crippen molar-refractivity contribution in [3.05, 3.63) is 0 Å². The van der Waals surface area contributed by atoms with E-state index in [1.165, 1.54) is 38.5 Å². The van der Waals surface area contributed by atoms with Crippen LogP contribution < -0.4 is 5.73 Å². The van der Waals surface area contributed by atoms with Crippen LogP contribution >= 0.6 is 0 Å². The first-order valence-electron chi connectivity index (χ1n) is 9.21. The predicted octanol–water partition coefficient (Wildman–Crippen LogP) is 2.89. The average molecular weight is 294 g/mol. The Hall–Kier alpha value is -0.120. The van der Waals surface area contributed by atoms with E-state index in [0.29, 0.717) is 11.5 Å². The van der Waals surface area contributed by atoms with Crippen LogP contribution in [0.15, 0.2) is 0 Å². The number of nitrogens with zero attached hydrogens (tertiary/aromatic N) is 1. The minimum atomic E-state index is 0.368. The topological polar surface area (TPSA) is 38.5 Å². The summed E-state index contributed by atoms with van der Waals surface area (Å²) < 4.78 is 5.51. The van der Waals surface area contributed by atoms with E-state index in [-0.39, 0.29) is 0 Å². The first-order chi connectivity index (χ1) is 10.1. The molecule has 0 spiro atoms. The average Bonchev–Trinajstić information content (AvgIpc) is 2.44. The Morgan fingerprint density at radius 3 is 2.14 bits per heavy atom. The molecule has 0 aromatic carbocycles. The van der Waals surface area contributed by atoms with Crippen molar-refractivity contribution in [2.45, 2.75) is 58.4 Å². The molecule has 0 heterocycles. The maximum Gasteiger partial charge on any atom is 0.0593 e. The molecule has 0 aromatic heterocycles. The monoisotopic (exact) mass is 294 g/mol. The maximum absolute atomic E-state index is 6.77. The third-order valence-corrected chi connectivity index (χ3v) is 6.53. The first-order valence-corrected chi connectivity index (χ1v) is 9.21. The zero-order valence-electron chi connectivity index (χ0n) is 14.0. The Morgan fingerprint density at radius 1 is 1.10 bits per heavy atom. The van der Waals surface area contributed by atoms with Crippen molar-refractivity contribution in [1.29, 1.82) is 0 Å². The van der Waals surface area contributed by atoms with Crippen LogP contribution in [0.5, 0.6) is 0 Å². The standard InChI is InChI=1S/C18H34N2O/c1-3-20(5-6-21-4-2)13-17(19)18-10-14-7-15(11-18)9-16(8-14)12-18/h14-17H,3-13,19H2,1-2H3. The van der Waals surface area contributed by atoms with Crippen LogP contribution in [0.2, 0.25) is 0 Å². The molecule has 4 rings (SSSR count). The van der Waals surface area contributed by atoms with Crippen molar-refractivity contribution in [1.82, 2.24) is 4.90 Å². The highest BCUT2D eigenvalue weighted by Gasteiger charge is 2.53. The zero-order valence-corrected chi connectivity index (χ0v) is 14.0. The zero-order chi connectivity index (χ0) is 14.9. The highest BCUT2D eigenvalue weighted by atomic mass is 16.5. The number of likely N-dealkylation sites (N-methyl/N-ethyl adjacent to an activating group) is 1. The lowest BCUT2D eigenvalue weighted by atomic mass is 9.48. The van der Waals surface area contributed by atoms with Gasteiger partial charge in [-0.2, -0.15) is 0 Å². The maximum atomic E-state index is 6.77. The van der Waals surface area contributed by atoms with E-state index in [2.05, 4.69) is 18.7 Å². The van der Waals surface area contributed by atoms with E-state index in [9.17, 15) is 0 Å². The Labute approximate surface area is 130 Å². The first kappa shape index (κ1) is 15.8. The predicted molar refractivity (Wildman–Crippen MR) is 87.2 cm³/mol. The fraction of sp³-hybridized carbons (Fsp3) is 1.00. The lowest BCUT2D eigenvalue weighted by Crippen LogP contribution is -2.57. The van der Waals surface area contributed by atoms with E-state index in [1.807, 2.05) is 0 Å². The highest BCUT2D eigenvalue weighted by molar-refractivity contribution is 5.05. The molecule has 0 amide bonds. The van der Waals surface area contributed by atoms with Crippen LogP contribution in [0, 0.1) is 23.2 Å². The van der Waals surface area contributed by atoms with Gasteiger partial charge in [0.15, 0.2) is 0 Å². The number of hydrogen-bond donors (Lipinski definition) is 1.